The monoisotopic (exact) mass is 280 g/mol. The van der Waals surface area contributed by atoms with Crippen LogP contribution in [-0.4, -0.2) is 38.7 Å². The Morgan fingerprint density at radius 1 is 1.18 bits per heavy atom. The molecule has 5 heteroatoms. The van der Waals surface area contributed by atoms with Crippen LogP contribution in [0, 0.1) is 0 Å². The second-order valence-electron chi connectivity index (χ2n) is 3.91. The summed E-state index contributed by atoms with van der Waals surface area (Å²) in [5.74, 6) is 0.896. The molecule has 0 aliphatic rings. The van der Waals surface area contributed by atoms with Crippen molar-refractivity contribution in [3.63, 3.8) is 0 Å². The molecule has 1 aromatic carbocycles. The summed E-state index contributed by atoms with van der Waals surface area (Å²) in [6.07, 6.45) is 0.980. The zero-order valence-electron chi connectivity index (χ0n) is 10.6. The van der Waals surface area contributed by atoms with Crippen LogP contribution in [0.4, 0.5) is 0 Å². The van der Waals surface area contributed by atoms with Gasteiger partial charge in [-0.25, -0.2) is 0 Å². The van der Waals surface area contributed by atoms with Gasteiger partial charge in [-0.05, 0) is 38.2 Å². The minimum Gasteiger partial charge on any atom is -0.497 e. The van der Waals surface area contributed by atoms with Crippen molar-refractivity contribution in [2.45, 2.75) is 12.5 Å². The molecule has 0 saturated heterocycles. The van der Waals surface area contributed by atoms with Crippen molar-refractivity contribution in [2.75, 3.05) is 27.7 Å². The van der Waals surface area contributed by atoms with E-state index in [2.05, 4.69) is 31.1 Å². The minimum absolute atomic E-state index is 0. The number of nitrogens with zero attached hydrogens (tertiary/aromatic N) is 1. The number of ether oxygens (including phenoxy) is 1. The van der Waals surface area contributed by atoms with Crippen molar-refractivity contribution in [1.29, 1.82) is 0 Å². The Morgan fingerprint density at radius 2 is 1.71 bits per heavy atom. The van der Waals surface area contributed by atoms with Crippen molar-refractivity contribution in [3.05, 3.63) is 29.8 Å². The molecule has 1 aromatic rings. The smallest absolute Gasteiger partial charge is 0.118 e. The maximum atomic E-state index is 5.71. The van der Waals surface area contributed by atoms with E-state index in [9.17, 15) is 0 Å². The Morgan fingerprint density at radius 3 is 2.06 bits per heavy atom. The summed E-state index contributed by atoms with van der Waals surface area (Å²) in [6.45, 7) is 0.680. The van der Waals surface area contributed by atoms with Crippen molar-refractivity contribution in [2.24, 2.45) is 5.73 Å². The van der Waals surface area contributed by atoms with E-state index in [4.69, 9.17) is 10.5 Å². The van der Waals surface area contributed by atoms with Crippen LogP contribution in [0.25, 0.3) is 0 Å². The van der Waals surface area contributed by atoms with Gasteiger partial charge >= 0.3 is 0 Å². The minimum atomic E-state index is 0. The van der Waals surface area contributed by atoms with E-state index in [0.29, 0.717) is 12.6 Å². The van der Waals surface area contributed by atoms with Crippen LogP contribution in [0.5, 0.6) is 5.75 Å². The van der Waals surface area contributed by atoms with Gasteiger partial charge in [-0.2, -0.15) is 0 Å². The Balaban J connectivity index is 0. The van der Waals surface area contributed by atoms with E-state index < -0.39 is 0 Å². The summed E-state index contributed by atoms with van der Waals surface area (Å²) in [5.41, 5.74) is 7.00. The fourth-order valence-electron chi connectivity index (χ4n) is 1.51. The van der Waals surface area contributed by atoms with Gasteiger partial charge in [0.05, 0.1) is 7.11 Å². The average molecular weight is 281 g/mol. The number of hydrogen-bond acceptors (Lipinski definition) is 3. The number of benzene rings is 1. The molecule has 0 bridgehead atoms. The summed E-state index contributed by atoms with van der Waals surface area (Å²) < 4.78 is 5.11. The first kappa shape index (κ1) is 18.9. The predicted octanol–water partition coefficient (Wildman–Crippen LogP) is 1.97. The number of methoxy groups -OCH3 is 1. The highest BCUT2D eigenvalue weighted by Crippen LogP contribution is 2.13. The Kier molecular flexibility index (Phi) is 10.6. The van der Waals surface area contributed by atoms with Crippen LogP contribution in [0.1, 0.15) is 5.56 Å². The van der Waals surface area contributed by atoms with Gasteiger partial charge in [0, 0.05) is 12.6 Å². The van der Waals surface area contributed by atoms with E-state index in [1.54, 1.807) is 7.11 Å². The van der Waals surface area contributed by atoms with Crippen LogP contribution in [0.15, 0.2) is 24.3 Å². The molecule has 0 saturated carbocycles. The van der Waals surface area contributed by atoms with Gasteiger partial charge < -0.3 is 15.4 Å². The topological polar surface area (TPSA) is 38.5 Å². The Labute approximate surface area is 116 Å². The quantitative estimate of drug-likeness (QED) is 0.896. The summed E-state index contributed by atoms with van der Waals surface area (Å²) in [4.78, 5) is 2.16. The fourth-order valence-corrected chi connectivity index (χ4v) is 1.51. The molecule has 3 nitrogen and oxygen atoms in total. The molecule has 0 amide bonds. The van der Waals surface area contributed by atoms with Crippen LogP contribution >= 0.6 is 24.8 Å². The lowest BCUT2D eigenvalue weighted by Gasteiger charge is -2.22. The van der Waals surface area contributed by atoms with E-state index in [1.807, 2.05) is 12.1 Å². The number of rotatable bonds is 5. The van der Waals surface area contributed by atoms with Gasteiger partial charge in [-0.3, -0.25) is 0 Å². The Hall–Kier alpha value is -0.480. The van der Waals surface area contributed by atoms with Gasteiger partial charge in [0.25, 0.3) is 0 Å². The first-order valence-electron chi connectivity index (χ1n) is 5.16. The number of nitrogens with two attached hydrogens (primary N) is 1. The number of halogens is 2. The highest BCUT2D eigenvalue weighted by Gasteiger charge is 2.09. The molecule has 1 atom stereocenters. The summed E-state index contributed by atoms with van der Waals surface area (Å²) in [5, 5.41) is 0. The average Bonchev–Trinajstić information content (AvgIpc) is 2.26. The SMILES string of the molecule is COc1ccc(C[C@H](CN)N(C)C)cc1.Cl.Cl. The summed E-state index contributed by atoms with van der Waals surface area (Å²) in [6, 6.07) is 8.55. The van der Waals surface area contributed by atoms with Crippen molar-refractivity contribution >= 4 is 24.8 Å². The second kappa shape index (κ2) is 9.54. The third-order valence-electron chi connectivity index (χ3n) is 2.63. The molecule has 0 aliphatic heterocycles. The maximum absolute atomic E-state index is 5.71. The lowest BCUT2D eigenvalue weighted by molar-refractivity contribution is 0.298. The molecule has 0 unspecified atom stereocenters. The first-order valence-corrected chi connectivity index (χ1v) is 5.16. The normalized spacial score (nSPS) is 11.4. The van der Waals surface area contributed by atoms with E-state index in [1.165, 1.54) is 5.56 Å². The molecule has 17 heavy (non-hydrogen) atoms. The fraction of sp³-hybridized carbons (Fsp3) is 0.500. The molecule has 0 fully saturated rings. The molecule has 0 spiro atoms. The molecule has 0 aromatic heterocycles. The molecule has 0 heterocycles. The van der Waals surface area contributed by atoms with Crippen molar-refractivity contribution in [1.82, 2.24) is 4.90 Å². The number of likely N-dealkylation sites (N-methyl/N-ethyl adjacent to an activating group) is 1. The lowest BCUT2D eigenvalue weighted by atomic mass is 10.1. The largest absolute Gasteiger partial charge is 0.497 e. The molecule has 0 aliphatic carbocycles. The molecule has 100 valence electrons. The van der Waals surface area contributed by atoms with Crippen LogP contribution in [-0.2, 0) is 6.42 Å². The van der Waals surface area contributed by atoms with Crippen molar-refractivity contribution in [3.8, 4) is 5.75 Å². The van der Waals surface area contributed by atoms with E-state index in [0.717, 1.165) is 12.2 Å². The number of hydrogen-bond donors (Lipinski definition) is 1. The molecular formula is C12H22Cl2N2O. The zero-order valence-corrected chi connectivity index (χ0v) is 12.2. The molecule has 1 rings (SSSR count). The lowest BCUT2D eigenvalue weighted by Crippen LogP contribution is -2.36. The van der Waals surface area contributed by atoms with Gasteiger partial charge in [-0.1, -0.05) is 12.1 Å². The molecule has 2 N–H and O–H groups in total. The molecule has 0 radical (unpaired) electrons. The first-order chi connectivity index (χ1) is 7.17. The standard InChI is InChI=1S/C12H20N2O.2ClH/c1-14(2)11(9-13)8-10-4-6-12(15-3)7-5-10;;/h4-7,11H,8-9,13H2,1-3H3;2*1H/t11-;;/m1../s1. The summed E-state index contributed by atoms with van der Waals surface area (Å²) in [7, 11) is 5.79. The zero-order chi connectivity index (χ0) is 11.3. The van der Waals surface area contributed by atoms with Gasteiger partial charge in [0.15, 0.2) is 0 Å². The van der Waals surface area contributed by atoms with Crippen LogP contribution in [0.2, 0.25) is 0 Å². The second-order valence-corrected chi connectivity index (χ2v) is 3.91. The van der Waals surface area contributed by atoms with Gasteiger partial charge in [0.2, 0.25) is 0 Å². The van der Waals surface area contributed by atoms with E-state index in [-0.39, 0.29) is 24.8 Å². The summed E-state index contributed by atoms with van der Waals surface area (Å²) >= 11 is 0. The maximum Gasteiger partial charge on any atom is 0.118 e. The Bertz CT molecular complexity index is 291. The van der Waals surface area contributed by atoms with Crippen LogP contribution < -0.4 is 10.5 Å². The van der Waals surface area contributed by atoms with Gasteiger partial charge in [0.1, 0.15) is 5.75 Å². The van der Waals surface area contributed by atoms with Crippen molar-refractivity contribution < 1.29 is 4.74 Å². The highest BCUT2D eigenvalue weighted by atomic mass is 35.5. The van der Waals surface area contributed by atoms with Crippen LogP contribution in [0.3, 0.4) is 0 Å². The highest BCUT2D eigenvalue weighted by molar-refractivity contribution is 5.85. The third kappa shape index (κ3) is 6.13. The van der Waals surface area contributed by atoms with E-state index >= 15 is 0 Å². The molecular weight excluding hydrogens is 259 g/mol. The predicted molar refractivity (Wildman–Crippen MR) is 77.7 cm³/mol. The third-order valence-corrected chi connectivity index (χ3v) is 2.63. The van der Waals surface area contributed by atoms with Gasteiger partial charge in [-0.15, -0.1) is 24.8 Å².